The summed E-state index contributed by atoms with van der Waals surface area (Å²) in [6.07, 6.45) is 11.2. The van der Waals surface area contributed by atoms with Gasteiger partial charge >= 0.3 is 0 Å². The average Bonchev–Trinajstić information content (AvgIpc) is 2.48. The van der Waals surface area contributed by atoms with E-state index in [0.29, 0.717) is 5.92 Å². The monoisotopic (exact) mass is 224 g/mol. The van der Waals surface area contributed by atoms with Gasteiger partial charge in [-0.3, -0.25) is 0 Å². The van der Waals surface area contributed by atoms with Crippen LogP contribution in [0, 0.1) is 17.8 Å². The quantitative estimate of drug-likeness (QED) is 0.664. The van der Waals surface area contributed by atoms with E-state index in [4.69, 9.17) is 0 Å². The molecule has 0 radical (unpaired) electrons. The lowest BCUT2D eigenvalue weighted by molar-refractivity contribution is -0.0581. The summed E-state index contributed by atoms with van der Waals surface area (Å²) in [5.41, 5.74) is -0.301. The van der Waals surface area contributed by atoms with Gasteiger partial charge in [0.2, 0.25) is 0 Å². The van der Waals surface area contributed by atoms with E-state index in [0.717, 1.165) is 24.7 Å². The zero-order valence-electron chi connectivity index (χ0n) is 11.0. The van der Waals surface area contributed by atoms with Gasteiger partial charge in [0, 0.05) is 0 Å². The Hall–Kier alpha value is -0.0400. The first-order valence-corrected chi connectivity index (χ1v) is 7.34. The molecular weight excluding hydrogens is 196 g/mol. The molecule has 0 aromatic rings. The minimum atomic E-state index is -0.301. The lowest BCUT2D eigenvalue weighted by Crippen LogP contribution is -2.41. The van der Waals surface area contributed by atoms with Crippen LogP contribution in [-0.4, -0.2) is 10.7 Å². The number of hydrogen-bond acceptors (Lipinski definition) is 1. The van der Waals surface area contributed by atoms with Gasteiger partial charge in [0.25, 0.3) is 0 Å². The van der Waals surface area contributed by atoms with E-state index >= 15 is 0 Å². The summed E-state index contributed by atoms with van der Waals surface area (Å²) < 4.78 is 0. The van der Waals surface area contributed by atoms with Crippen molar-refractivity contribution >= 4 is 0 Å². The lowest BCUT2D eigenvalue weighted by atomic mass is 9.67. The first-order valence-electron chi connectivity index (χ1n) is 7.34. The number of aliphatic hydroxyl groups is 1. The molecule has 2 saturated carbocycles. The third kappa shape index (κ3) is 2.61. The fraction of sp³-hybridized carbons (Fsp3) is 1.00. The molecule has 0 aromatic heterocycles. The summed E-state index contributed by atoms with van der Waals surface area (Å²) in [5.74, 6) is 2.27. The zero-order chi connectivity index (χ0) is 11.6. The van der Waals surface area contributed by atoms with Crippen molar-refractivity contribution in [1.29, 1.82) is 0 Å². The largest absolute Gasteiger partial charge is 0.390 e. The van der Waals surface area contributed by atoms with Gasteiger partial charge in [-0.05, 0) is 43.4 Å². The summed E-state index contributed by atoms with van der Waals surface area (Å²) in [7, 11) is 0. The van der Waals surface area contributed by atoms with E-state index in [9.17, 15) is 5.11 Å². The first kappa shape index (κ1) is 12.4. The highest BCUT2D eigenvalue weighted by Gasteiger charge is 2.39. The van der Waals surface area contributed by atoms with Crippen LogP contribution in [-0.2, 0) is 0 Å². The molecule has 0 saturated heterocycles. The van der Waals surface area contributed by atoms with Crippen LogP contribution in [0.1, 0.15) is 71.6 Å². The van der Waals surface area contributed by atoms with Crippen LogP contribution >= 0.6 is 0 Å². The summed E-state index contributed by atoms with van der Waals surface area (Å²) in [4.78, 5) is 0. The van der Waals surface area contributed by atoms with Gasteiger partial charge in [0.1, 0.15) is 0 Å². The normalized spacial score (nSPS) is 40.3. The van der Waals surface area contributed by atoms with E-state index in [1.807, 2.05) is 0 Å². The minimum Gasteiger partial charge on any atom is -0.390 e. The van der Waals surface area contributed by atoms with Crippen molar-refractivity contribution in [3.8, 4) is 0 Å². The van der Waals surface area contributed by atoms with E-state index in [1.54, 1.807) is 0 Å². The highest BCUT2D eigenvalue weighted by Crippen LogP contribution is 2.44. The molecule has 1 nitrogen and oxygen atoms in total. The van der Waals surface area contributed by atoms with Crippen molar-refractivity contribution in [2.24, 2.45) is 17.8 Å². The van der Waals surface area contributed by atoms with Gasteiger partial charge in [-0.1, -0.05) is 46.0 Å². The second-order valence-electron chi connectivity index (χ2n) is 6.48. The van der Waals surface area contributed by atoms with Crippen LogP contribution in [0.15, 0.2) is 0 Å². The summed E-state index contributed by atoms with van der Waals surface area (Å²) >= 11 is 0. The number of rotatable bonds is 1. The Morgan fingerprint density at radius 1 is 0.875 bits per heavy atom. The zero-order valence-corrected chi connectivity index (χ0v) is 11.0. The molecule has 3 unspecified atom stereocenters. The molecule has 2 aliphatic carbocycles. The van der Waals surface area contributed by atoms with Crippen LogP contribution < -0.4 is 0 Å². The van der Waals surface area contributed by atoms with Crippen molar-refractivity contribution in [3.63, 3.8) is 0 Å². The van der Waals surface area contributed by atoms with Crippen molar-refractivity contribution in [2.75, 3.05) is 0 Å². The maximum atomic E-state index is 10.9. The Bertz CT molecular complexity index is 215. The lowest BCUT2D eigenvalue weighted by Gasteiger charge is -2.42. The van der Waals surface area contributed by atoms with Crippen molar-refractivity contribution in [1.82, 2.24) is 0 Å². The van der Waals surface area contributed by atoms with E-state index in [-0.39, 0.29) is 5.60 Å². The molecule has 2 aliphatic rings. The third-order valence-electron chi connectivity index (χ3n) is 5.33. The average molecular weight is 224 g/mol. The molecule has 94 valence electrons. The van der Waals surface area contributed by atoms with Crippen LogP contribution in [0.25, 0.3) is 0 Å². The maximum Gasteiger partial charge on any atom is 0.0675 e. The molecule has 0 amide bonds. The SMILES string of the molecule is CC1CCC(C2(O)CCCCCC2)CC1C. The Labute approximate surface area is 101 Å². The molecule has 1 heteroatoms. The van der Waals surface area contributed by atoms with E-state index < -0.39 is 0 Å². The number of hydrogen-bond donors (Lipinski definition) is 1. The van der Waals surface area contributed by atoms with Crippen LogP contribution in [0.3, 0.4) is 0 Å². The van der Waals surface area contributed by atoms with Crippen molar-refractivity contribution in [3.05, 3.63) is 0 Å². The summed E-state index contributed by atoms with van der Waals surface area (Å²) in [6, 6.07) is 0. The standard InChI is InChI=1S/C15H28O/c1-12-7-8-14(11-13(12)2)15(16)9-5-3-4-6-10-15/h12-14,16H,3-11H2,1-2H3. The van der Waals surface area contributed by atoms with Crippen molar-refractivity contribution in [2.45, 2.75) is 77.2 Å². The van der Waals surface area contributed by atoms with Gasteiger partial charge in [0.05, 0.1) is 5.60 Å². The van der Waals surface area contributed by atoms with E-state index in [1.165, 1.54) is 44.9 Å². The van der Waals surface area contributed by atoms with Gasteiger partial charge in [-0.25, -0.2) is 0 Å². The van der Waals surface area contributed by atoms with Gasteiger partial charge in [-0.2, -0.15) is 0 Å². The fourth-order valence-electron chi connectivity index (χ4n) is 3.78. The summed E-state index contributed by atoms with van der Waals surface area (Å²) in [5, 5.41) is 10.9. The summed E-state index contributed by atoms with van der Waals surface area (Å²) in [6.45, 7) is 4.74. The molecule has 2 fully saturated rings. The first-order chi connectivity index (χ1) is 7.62. The predicted molar refractivity (Wildman–Crippen MR) is 68.3 cm³/mol. The highest BCUT2D eigenvalue weighted by atomic mass is 16.3. The Morgan fingerprint density at radius 2 is 1.50 bits per heavy atom. The molecule has 0 heterocycles. The molecule has 0 spiro atoms. The fourth-order valence-corrected chi connectivity index (χ4v) is 3.78. The third-order valence-corrected chi connectivity index (χ3v) is 5.33. The topological polar surface area (TPSA) is 20.2 Å². The van der Waals surface area contributed by atoms with Gasteiger partial charge < -0.3 is 5.11 Å². The second-order valence-corrected chi connectivity index (χ2v) is 6.48. The van der Waals surface area contributed by atoms with E-state index in [2.05, 4.69) is 13.8 Å². The second kappa shape index (κ2) is 5.08. The maximum absolute atomic E-state index is 10.9. The smallest absolute Gasteiger partial charge is 0.0675 e. The predicted octanol–water partition coefficient (Wildman–Crippen LogP) is 4.14. The van der Waals surface area contributed by atoms with Crippen molar-refractivity contribution < 1.29 is 5.11 Å². The molecule has 0 aromatic carbocycles. The van der Waals surface area contributed by atoms with Crippen LogP contribution in [0.2, 0.25) is 0 Å². The Morgan fingerprint density at radius 3 is 2.06 bits per heavy atom. The molecule has 1 N–H and O–H groups in total. The van der Waals surface area contributed by atoms with Crippen LogP contribution in [0.5, 0.6) is 0 Å². The van der Waals surface area contributed by atoms with Crippen LogP contribution in [0.4, 0.5) is 0 Å². The molecule has 3 atom stereocenters. The highest BCUT2D eigenvalue weighted by molar-refractivity contribution is 4.91. The van der Waals surface area contributed by atoms with Gasteiger partial charge in [-0.15, -0.1) is 0 Å². The molecule has 0 bridgehead atoms. The molecule has 16 heavy (non-hydrogen) atoms. The molecule has 2 rings (SSSR count). The van der Waals surface area contributed by atoms with Gasteiger partial charge in [0.15, 0.2) is 0 Å². The molecular formula is C15H28O. The minimum absolute atomic E-state index is 0.301. The molecule has 0 aliphatic heterocycles. The Kier molecular flexibility index (Phi) is 3.94. The Balaban J connectivity index is 1.99.